The van der Waals surface area contributed by atoms with Crippen molar-refractivity contribution in [1.82, 2.24) is 4.98 Å². The second kappa shape index (κ2) is 5.54. The van der Waals surface area contributed by atoms with E-state index in [0.717, 1.165) is 10.2 Å². The summed E-state index contributed by atoms with van der Waals surface area (Å²) < 4.78 is 6.36. The van der Waals surface area contributed by atoms with E-state index in [9.17, 15) is 10.1 Å². The van der Waals surface area contributed by atoms with Crippen molar-refractivity contribution >= 4 is 33.2 Å². The third kappa shape index (κ3) is 3.21. The molecule has 0 fully saturated rings. The second-order valence-corrected chi connectivity index (χ2v) is 4.95. The van der Waals surface area contributed by atoms with Crippen molar-refractivity contribution in [3.05, 3.63) is 55.6 Å². The number of nitro benzene ring substituents is 1. The summed E-state index contributed by atoms with van der Waals surface area (Å²) in [6.07, 6.45) is 0. The van der Waals surface area contributed by atoms with E-state index in [1.54, 1.807) is 12.1 Å². The van der Waals surface area contributed by atoms with Gasteiger partial charge < -0.3 is 4.74 Å². The standard InChI is InChI=1S/C12H8BrClN2O3/c1-7-9(13)3-5-12(15-7)19-11-4-2-8(16(17)18)6-10(11)14/h2-6H,1H3. The highest BCUT2D eigenvalue weighted by molar-refractivity contribution is 9.10. The fourth-order valence-corrected chi connectivity index (χ4v) is 1.81. The molecule has 0 spiro atoms. The maximum Gasteiger partial charge on any atom is 0.271 e. The number of hydrogen-bond donors (Lipinski definition) is 0. The number of nitrogens with zero attached hydrogens (tertiary/aromatic N) is 2. The molecule has 0 N–H and O–H groups in total. The van der Waals surface area contributed by atoms with Gasteiger partial charge in [0.25, 0.3) is 5.69 Å². The zero-order valence-electron chi connectivity index (χ0n) is 9.76. The Hall–Kier alpha value is -1.66. The number of nitro groups is 1. The lowest BCUT2D eigenvalue weighted by Gasteiger charge is -2.07. The lowest BCUT2D eigenvalue weighted by molar-refractivity contribution is -0.384. The lowest BCUT2D eigenvalue weighted by atomic mass is 10.3. The van der Waals surface area contributed by atoms with Crippen LogP contribution in [-0.2, 0) is 0 Å². The summed E-state index contributed by atoms with van der Waals surface area (Å²) in [5.41, 5.74) is 0.688. The zero-order chi connectivity index (χ0) is 14.0. The Morgan fingerprint density at radius 1 is 1.37 bits per heavy atom. The summed E-state index contributed by atoms with van der Waals surface area (Å²) in [6, 6.07) is 7.49. The minimum absolute atomic E-state index is 0.0858. The molecule has 0 unspecified atom stereocenters. The summed E-state index contributed by atoms with van der Waals surface area (Å²) in [5, 5.41) is 10.8. The van der Waals surface area contributed by atoms with E-state index >= 15 is 0 Å². The number of rotatable bonds is 3. The van der Waals surface area contributed by atoms with Crippen LogP contribution in [0.4, 0.5) is 5.69 Å². The monoisotopic (exact) mass is 342 g/mol. The molecule has 1 aromatic heterocycles. The van der Waals surface area contributed by atoms with Crippen molar-refractivity contribution in [2.24, 2.45) is 0 Å². The molecule has 7 heteroatoms. The molecule has 0 amide bonds. The van der Waals surface area contributed by atoms with E-state index in [1.165, 1.54) is 18.2 Å². The number of hydrogen-bond acceptors (Lipinski definition) is 4. The fourth-order valence-electron chi connectivity index (χ4n) is 1.38. The first kappa shape index (κ1) is 13.8. The molecule has 0 aliphatic carbocycles. The number of halogens is 2. The molecule has 0 bridgehead atoms. The van der Waals surface area contributed by atoms with Gasteiger partial charge in [0.05, 0.1) is 15.6 Å². The van der Waals surface area contributed by atoms with Crippen LogP contribution in [0, 0.1) is 17.0 Å². The molecule has 19 heavy (non-hydrogen) atoms. The molecule has 98 valence electrons. The van der Waals surface area contributed by atoms with Crippen molar-refractivity contribution < 1.29 is 9.66 Å². The minimum Gasteiger partial charge on any atom is -0.437 e. The SMILES string of the molecule is Cc1nc(Oc2ccc([N+](=O)[O-])cc2Cl)ccc1Br. The molecule has 0 atom stereocenters. The van der Waals surface area contributed by atoms with Crippen LogP contribution in [0.15, 0.2) is 34.8 Å². The van der Waals surface area contributed by atoms with Gasteiger partial charge >= 0.3 is 0 Å². The van der Waals surface area contributed by atoms with Crippen LogP contribution in [0.1, 0.15) is 5.69 Å². The van der Waals surface area contributed by atoms with Gasteiger partial charge in [0.15, 0.2) is 0 Å². The number of aromatic nitrogens is 1. The van der Waals surface area contributed by atoms with Gasteiger partial charge in [-0.1, -0.05) is 11.6 Å². The van der Waals surface area contributed by atoms with Crippen molar-refractivity contribution in [3.63, 3.8) is 0 Å². The lowest BCUT2D eigenvalue weighted by Crippen LogP contribution is -1.93. The molecule has 0 radical (unpaired) electrons. The highest BCUT2D eigenvalue weighted by Crippen LogP contribution is 2.32. The average Bonchev–Trinajstić information content (AvgIpc) is 2.36. The van der Waals surface area contributed by atoms with Crippen molar-refractivity contribution in [2.45, 2.75) is 6.92 Å². The number of benzene rings is 1. The minimum atomic E-state index is -0.516. The highest BCUT2D eigenvalue weighted by atomic mass is 79.9. The van der Waals surface area contributed by atoms with E-state index in [-0.39, 0.29) is 10.7 Å². The molecule has 0 saturated carbocycles. The molecule has 5 nitrogen and oxygen atoms in total. The Balaban J connectivity index is 2.28. The Kier molecular flexibility index (Phi) is 4.01. The van der Waals surface area contributed by atoms with Crippen LogP contribution < -0.4 is 4.74 Å². The van der Waals surface area contributed by atoms with E-state index in [0.29, 0.717) is 11.6 Å². The zero-order valence-corrected chi connectivity index (χ0v) is 12.1. The van der Waals surface area contributed by atoms with Gasteiger partial charge in [0, 0.05) is 22.7 Å². The van der Waals surface area contributed by atoms with Crippen LogP contribution in [0.5, 0.6) is 11.6 Å². The van der Waals surface area contributed by atoms with Gasteiger partial charge in [-0.15, -0.1) is 0 Å². The maximum atomic E-state index is 10.6. The third-order valence-corrected chi connectivity index (χ3v) is 3.47. The molecule has 2 rings (SSSR count). The quantitative estimate of drug-likeness (QED) is 0.607. The highest BCUT2D eigenvalue weighted by Gasteiger charge is 2.11. The fraction of sp³-hybridized carbons (Fsp3) is 0.0833. The number of pyridine rings is 1. The molecule has 2 aromatic rings. The van der Waals surface area contributed by atoms with Crippen LogP contribution in [0.25, 0.3) is 0 Å². The summed E-state index contributed by atoms with van der Waals surface area (Å²) in [4.78, 5) is 14.3. The predicted molar refractivity (Wildman–Crippen MR) is 74.9 cm³/mol. The van der Waals surface area contributed by atoms with Crippen molar-refractivity contribution in [3.8, 4) is 11.6 Å². The third-order valence-electron chi connectivity index (χ3n) is 2.34. The summed E-state index contributed by atoms with van der Waals surface area (Å²) >= 11 is 9.26. The number of ether oxygens (including phenoxy) is 1. The number of non-ortho nitro benzene ring substituents is 1. The van der Waals surface area contributed by atoms with Crippen LogP contribution in [0.3, 0.4) is 0 Å². The number of aryl methyl sites for hydroxylation is 1. The summed E-state index contributed by atoms with van der Waals surface area (Å²) in [5.74, 6) is 0.693. The van der Waals surface area contributed by atoms with Crippen LogP contribution in [-0.4, -0.2) is 9.91 Å². The molecule has 0 aliphatic rings. The van der Waals surface area contributed by atoms with Gasteiger partial charge in [-0.3, -0.25) is 10.1 Å². The van der Waals surface area contributed by atoms with Gasteiger partial charge in [0.1, 0.15) is 5.75 Å². The Labute approximate surface area is 122 Å². The van der Waals surface area contributed by atoms with E-state index in [1.807, 2.05) is 6.92 Å². The van der Waals surface area contributed by atoms with Crippen molar-refractivity contribution in [2.75, 3.05) is 0 Å². The van der Waals surface area contributed by atoms with Gasteiger partial charge in [-0.2, -0.15) is 0 Å². The predicted octanol–water partition coefficient (Wildman–Crippen LogP) is 4.51. The largest absolute Gasteiger partial charge is 0.437 e. The normalized spacial score (nSPS) is 10.3. The molecular weight excluding hydrogens is 335 g/mol. The van der Waals surface area contributed by atoms with E-state index < -0.39 is 4.92 Å². The molecule has 0 aliphatic heterocycles. The smallest absolute Gasteiger partial charge is 0.271 e. The van der Waals surface area contributed by atoms with Gasteiger partial charge in [0.2, 0.25) is 5.88 Å². The van der Waals surface area contributed by atoms with Gasteiger partial charge in [-0.05, 0) is 35.0 Å². The van der Waals surface area contributed by atoms with Crippen LogP contribution >= 0.6 is 27.5 Å². The van der Waals surface area contributed by atoms with Crippen LogP contribution in [0.2, 0.25) is 5.02 Å². The average molecular weight is 344 g/mol. The topological polar surface area (TPSA) is 65.3 Å². The van der Waals surface area contributed by atoms with Gasteiger partial charge in [-0.25, -0.2) is 4.98 Å². The first-order valence-corrected chi connectivity index (χ1v) is 6.39. The molecule has 1 heterocycles. The Morgan fingerprint density at radius 3 is 2.68 bits per heavy atom. The molecule has 0 saturated heterocycles. The Morgan fingerprint density at radius 2 is 2.11 bits per heavy atom. The second-order valence-electron chi connectivity index (χ2n) is 3.69. The van der Waals surface area contributed by atoms with Crippen molar-refractivity contribution in [1.29, 1.82) is 0 Å². The Bertz CT molecular complexity index is 649. The van der Waals surface area contributed by atoms with E-state index in [2.05, 4.69) is 20.9 Å². The molecule has 1 aromatic carbocycles. The van der Waals surface area contributed by atoms with E-state index in [4.69, 9.17) is 16.3 Å². The first-order chi connectivity index (χ1) is 8.97. The first-order valence-electron chi connectivity index (χ1n) is 5.22. The summed E-state index contributed by atoms with van der Waals surface area (Å²) in [6.45, 7) is 1.83. The summed E-state index contributed by atoms with van der Waals surface area (Å²) in [7, 11) is 0. The maximum absolute atomic E-state index is 10.6. The molecular formula is C12H8BrClN2O3.